The van der Waals surface area contributed by atoms with Crippen LogP contribution in [0, 0.1) is 6.92 Å². The van der Waals surface area contributed by atoms with Crippen molar-refractivity contribution in [3.63, 3.8) is 0 Å². The predicted octanol–water partition coefficient (Wildman–Crippen LogP) is 5.66. The summed E-state index contributed by atoms with van der Waals surface area (Å²) in [4.78, 5) is 12.5. The van der Waals surface area contributed by atoms with Gasteiger partial charge in [-0.1, -0.05) is 37.3 Å². The molecule has 0 heterocycles. The van der Waals surface area contributed by atoms with Crippen LogP contribution in [-0.4, -0.2) is 19.1 Å². The van der Waals surface area contributed by atoms with Crippen molar-refractivity contribution in [2.45, 2.75) is 26.7 Å². The highest BCUT2D eigenvalue weighted by molar-refractivity contribution is 6.04. The van der Waals surface area contributed by atoms with Crippen LogP contribution in [0.2, 0.25) is 0 Å². The second kappa shape index (κ2) is 10.3. The maximum Gasteiger partial charge on any atom is 0.255 e. The summed E-state index contributed by atoms with van der Waals surface area (Å²) in [5.41, 5.74) is 3.76. The Balaban J connectivity index is 1.44. The second-order valence-corrected chi connectivity index (χ2v) is 6.86. The molecule has 3 aromatic carbocycles. The third-order valence-corrected chi connectivity index (χ3v) is 4.58. The summed E-state index contributed by atoms with van der Waals surface area (Å²) in [6.45, 7) is 5.27. The lowest BCUT2D eigenvalue weighted by Gasteiger charge is -2.11. The number of hydrogen-bond donors (Lipinski definition) is 1. The van der Waals surface area contributed by atoms with E-state index in [0.717, 1.165) is 35.6 Å². The van der Waals surface area contributed by atoms with Crippen LogP contribution in [-0.2, 0) is 6.42 Å². The average molecular weight is 389 g/mol. The molecule has 0 aliphatic rings. The van der Waals surface area contributed by atoms with Gasteiger partial charge in [0.25, 0.3) is 5.91 Å². The van der Waals surface area contributed by atoms with E-state index in [9.17, 15) is 4.79 Å². The van der Waals surface area contributed by atoms with E-state index in [1.54, 1.807) is 12.1 Å². The molecule has 4 nitrogen and oxygen atoms in total. The normalized spacial score (nSPS) is 10.4. The van der Waals surface area contributed by atoms with Gasteiger partial charge in [-0.05, 0) is 66.9 Å². The summed E-state index contributed by atoms with van der Waals surface area (Å²) < 4.78 is 11.5. The van der Waals surface area contributed by atoms with Gasteiger partial charge in [0.2, 0.25) is 0 Å². The Morgan fingerprint density at radius 2 is 1.59 bits per heavy atom. The van der Waals surface area contributed by atoms with Gasteiger partial charge in [0.05, 0.1) is 13.2 Å². The van der Waals surface area contributed by atoms with E-state index in [4.69, 9.17) is 9.47 Å². The number of anilines is 1. The van der Waals surface area contributed by atoms with Crippen LogP contribution in [0.25, 0.3) is 0 Å². The third kappa shape index (κ3) is 6.11. The Hall–Kier alpha value is -3.27. The molecule has 1 amide bonds. The van der Waals surface area contributed by atoms with Gasteiger partial charge in [-0.2, -0.15) is 0 Å². The number of aryl methyl sites for hydroxylation is 2. The summed E-state index contributed by atoms with van der Waals surface area (Å²) >= 11 is 0. The highest BCUT2D eigenvalue weighted by atomic mass is 16.5. The first-order valence-electron chi connectivity index (χ1n) is 9.97. The van der Waals surface area contributed by atoms with Crippen molar-refractivity contribution >= 4 is 11.6 Å². The van der Waals surface area contributed by atoms with Crippen LogP contribution in [0.4, 0.5) is 5.69 Å². The Labute approximate surface area is 172 Å². The van der Waals surface area contributed by atoms with E-state index in [1.165, 1.54) is 5.56 Å². The minimum Gasteiger partial charge on any atom is -0.493 e. The third-order valence-electron chi connectivity index (χ3n) is 4.58. The summed E-state index contributed by atoms with van der Waals surface area (Å²) in [7, 11) is 0. The smallest absolute Gasteiger partial charge is 0.255 e. The van der Waals surface area contributed by atoms with Crippen LogP contribution in [0.1, 0.15) is 34.8 Å². The first-order valence-corrected chi connectivity index (χ1v) is 9.97. The lowest BCUT2D eigenvalue weighted by Crippen LogP contribution is -2.13. The van der Waals surface area contributed by atoms with E-state index in [1.807, 2.05) is 67.6 Å². The largest absolute Gasteiger partial charge is 0.493 e. The predicted molar refractivity (Wildman–Crippen MR) is 117 cm³/mol. The van der Waals surface area contributed by atoms with Crippen LogP contribution in [0.5, 0.6) is 11.5 Å². The monoisotopic (exact) mass is 389 g/mol. The van der Waals surface area contributed by atoms with Gasteiger partial charge < -0.3 is 14.8 Å². The maximum absolute atomic E-state index is 12.5. The number of para-hydroxylation sites is 1. The minimum atomic E-state index is -0.121. The van der Waals surface area contributed by atoms with Crippen LogP contribution in [0.3, 0.4) is 0 Å². The molecule has 1 N–H and O–H groups in total. The van der Waals surface area contributed by atoms with E-state index < -0.39 is 0 Å². The van der Waals surface area contributed by atoms with Gasteiger partial charge in [-0.3, -0.25) is 4.79 Å². The number of amides is 1. The van der Waals surface area contributed by atoms with Crippen molar-refractivity contribution in [2.24, 2.45) is 0 Å². The number of benzene rings is 3. The van der Waals surface area contributed by atoms with E-state index in [-0.39, 0.29) is 5.91 Å². The molecule has 0 saturated carbocycles. The van der Waals surface area contributed by atoms with Crippen molar-refractivity contribution in [2.75, 3.05) is 18.5 Å². The quantitative estimate of drug-likeness (QED) is 0.481. The molecule has 0 aliphatic carbocycles. The van der Waals surface area contributed by atoms with Gasteiger partial charge >= 0.3 is 0 Å². The summed E-state index contributed by atoms with van der Waals surface area (Å²) in [6.07, 6.45) is 1.65. The minimum absolute atomic E-state index is 0.121. The van der Waals surface area contributed by atoms with Gasteiger partial charge in [-0.25, -0.2) is 0 Å². The van der Waals surface area contributed by atoms with Crippen molar-refractivity contribution < 1.29 is 14.3 Å². The molecule has 0 unspecified atom stereocenters. The van der Waals surface area contributed by atoms with Gasteiger partial charge in [0, 0.05) is 17.7 Å². The molecule has 4 heteroatoms. The van der Waals surface area contributed by atoms with Crippen LogP contribution < -0.4 is 14.8 Å². The highest BCUT2D eigenvalue weighted by Crippen LogP contribution is 2.18. The Kier molecular flexibility index (Phi) is 7.28. The zero-order chi connectivity index (χ0) is 20.5. The second-order valence-electron chi connectivity index (χ2n) is 6.86. The molecule has 0 bridgehead atoms. The SMILES string of the molecule is CCc1ccccc1NC(=O)c1ccc(OCCCOc2cccc(C)c2)cc1. The molecule has 0 aliphatic heterocycles. The summed E-state index contributed by atoms with van der Waals surface area (Å²) in [5, 5.41) is 2.98. The molecule has 3 rings (SSSR count). The molecule has 0 radical (unpaired) electrons. The number of nitrogens with one attached hydrogen (secondary N) is 1. The molecule has 0 saturated heterocycles. The summed E-state index contributed by atoms with van der Waals surface area (Å²) in [5.74, 6) is 1.50. The number of ether oxygens (including phenoxy) is 2. The Bertz CT molecular complexity index is 935. The van der Waals surface area contributed by atoms with Crippen molar-refractivity contribution in [1.29, 1.82) is 0 Å². The molecule has 3 aromatic rings. The van der Waals surface area contributed by atoms with Gasteiger partial charge in [0.1, 0.15) is 11.5 Å². The van der Waals surface area contributed by atoms with Gasteiger partial charge in [0.15, 0.2) is 0 Å². The highest BCUT2D eigenvalue weighted by Gasteiger charge is 2.08. The molecule has 0 atom stereocenters. The van der Waals surface area contributed by atoms with Crippen molar-refractivity contribution in [3.8, 4) is 11.5 Å². The van der Waals surface area contributed by atoms with Crippen LogP contribution in [0.15, 0.2) is 72.8 Å². The summed E-state index contributed by atoms with van der Waals surface area (Å²) in [6, 6.07) is 23.1. The standard InChI is InChI=1S/C25H27NO3/c1-3-20-9-4-5-11-24(20)26-25(27)21-12-14-22(15-13-21)28-16-7-17-29-23-10-6-8-19(2)18-23/h4-6,8-15,18H,3,7,16-17H2,1-2H3,(H,26,27). The van der Waals surface area contributed by atoms with E-state index in [0.29, 0.717) is 18.8 Å². The molecule has 29 heavy (non-hydrogen) atoms. The zero-order valence-electron chi connectivity index (χ0n) is 17.0. The van der Waals surface area contributed by atoms with Crippen molar-refractivity contribution in [1.82, 2.24) is 0 Å². The number of rotatable bonds is 9. The number of carbonyl (C=O) groups excluding carboxylic acids is 1. The molecule has 0 aromatic heterocycles. The Morgan fingerprint density at radius 1 is 0.862 bits per heavy atom. The lowest BCUT2D eigenvalue weighted by atomic mass is 10.1. The first-order chi connectivity index (χ1) is 14.2. The fraction of sp³-hybridized carbons (Fsp3) is 0.240. The van der Waals surface area contributed by atoms with Crippen LogP contribution >= 0.6 is 0 Å². The fourth-order valence-corrected chi connectivity index (χ4v) is 2.99. The lowest BCUT2D eigenvalue weighted by molar-refractivity contribution is 0.102. The molecule has 0 fully saturated rings. The van der Waals surface area contributed by atoms with E-state index >= 15 is 0 Å². The van der Waals surface area contributed by atoms with E-state index in [2.05, 4.69) is 12.2 Å². The molecular formula is C25H27NO3. The number of hydrogen-bond acceptors (Lipinski definition) is 3. The fourth-order valence-electron chi connectivity index (χ4n) is 2.99. The van der Waals surface area contributed by atoms with Crippen molar-refractivity contribution in [3.05, 3.63) is 89.5 Å². The maximum atomic E-state index is 12.5. The van der Waals surface area contributed by atoms with Gasteiger partial charge in [-0.15, -0.1) is 0 Å². The zero-order valence-corrected chi connectivity index (χ0v) is 17.0. The Morgan fingerprint density at radius 3 is 2.31 bits per heavy atom. The molecule has 0 spiro atoms. The average Bonchev–Trinajstić information content (AvgIpc) is 2.74. The topological polar surface area (TPSA) is 47.6 Å². The number of carbonyl (C=O) groups is 1. The molecular weight excluding hydrogens is 362 g/mol. The first kappa shape index (κ1) is 20.5. The molecule has 150 valence electrons.